The molecule has 1 atom stereocenters. The van der Waals surface area contributed by atoms with E-state index in [0.29, 0.717) is 17.7 Å². The summed E-state index contributed by atoms with van der Waals surface area (Å²) >= 11 is 0. The average Bonchev–Trinajstić information content (AvgIpc) is 3.06. The summed E-state index contributed by atoms with van der Waals surface area (Å²) in [6, 6.07) is 12.0. The van der Waals surface area contributed by atoms with E-state index in [0.717, 1.165) is 25.9 Å². The van der Waals surface area contributed by atoms with E-state index >= 15 is 0 Å². The SMILES string of the molecule is Cc1cc(CCc2ccccc2)oc(=O)c1C(=O)N(C)C1CCN(C)C1. The van der Waals surface area contributed by atoms with E-state index in [9.17, 15) is 9.59 Å². The van der Waals surface area contributed by atoms with Crippen LogP contribution < -0.4 is 5.63 Å². The molecule has 3 rings (SSSR count). The molecule has 0 N–H and O–H groups in total. The Bertz CT molecular complexity index is 829. The Morgan fingerprint density at radius 2 is 2.00 bits per heavy atom. The predicted octanol–water partition coefficient (Wildman–Crippen LogP) is 2.51. The third-order valence-electron chi connectivity index (χ3n) is 5.15. The van der Waals surface area contributed by atoms with Crippen molar-refractivity contribution in [3.8, 4) is 0 Å². The Labute approximate surface area is 154 Å². The number of amides is 1. The van der Waals surface area contributed by atoms with Crippen LogP contribution in [0.1, 0.15) is 33.7 Å². The van der Waals surface area contributed by atoms with E-state index in [2.05, 4.69) is 17.0 Å². The quantitative estimate of drug-likeness (QED) is 0.828. The minimum absolute atomic E-state index is 0.143. The molecule has 5 nitrogen and oxygen atoms in total. The van der Waals surface area contributed by atoms with Crippen LogP contribution in [0.25, 0.3) is 0 Å². The highest BCUT2D eigenvalue weighted by Gasteiger charge is 2.29. The first-order valence-electron chi connectivity index (χ1n) is 9.09. The summed E-state index contributed by atoms with van der Waals surface area (Å²) in [7, 11) is 3.81. The zero-order valence-electron chi connectivity index (χ0n) is 15.7. The van der Waals surface area contributed by atoms with Crippen LogP contribution in [0, 0.1) is 6.92 Å². The molecule has 0 saturated carbocycles. The molecule has 0 bridgehead atoms. The van der Waals surface area contributed by atoms with E-state index in [-0.39, 0.29) is 17.5 Å². The van der Waals surface area contributed by atoms with Crippen molar-refractivity contribution >= 4 is 5.91 Å². The van der Waals surface area contributed by atoms with Gasteiger partial charge in [-0.2, -0.15) is 0 Å². The van der Waals surface area contributed by atoms with Crippen LogP contribution in [0.3, 0.4) is 0 Å². The number of aryl methyl sites for hydroxylation is 3. The van der Waals surface area contributed by atoms with Crippen LogP contribution in [-0.2, 0) is 12.8 Å². The number of hydrogen-bond acceptors (Lipinski definition) is 4. The predicted molar refractivity (Wildman–Crippen MR) is 102 cm³/mol. The molecule has 0 spiro atoms. The van der Waals surface area contributed by atoms with Gasteiger partial charge in [-0.3, -0.25) is 4.79 Å². The number of hydrogen-bond donors (Lipinski definition) is 0. The van der Waals surface area contributed by atoms with Crippen molar-refractivity contribution < 1.29 is 9.21 Å². The second kappa shape index (κ2) is 7.87. The first kappa shape index (κ1) is 18.4. The Morgan fingerprint density at radius 1 is 1.27 bits per heavy atom. The van der Waals surface area contributed by atoms with Gasteiger partial charge in [0.05, 0.1) is 0 Å². The number of likely N-dealkylation sites (tertiary alicyclic amines) is 1. The lowest BCUT2D eigenvalue weighted by atomic mass is 10.1. The lowest BCUT2D eigenvalue weighted by molar-refractivity contribution is 0.0731. The highest BCUT2D eigenvalue weighted by atomic mass is 16.4. The second-order valence-corrected chi connectivity index (χ2v) is 7.16. The Morgan fingerprint density at radius 3 is 2.62 bits per heavy atom. The van der Waals surface area contributed by atoms with Gasteiger partial charge >= 0.3 is 5.63 Å². The van der Waals surface area contributed by atoms with Gasteiger partial charge in [-0.05, 0) is 50.6 Å². The summed E-state index contributed by atoms with van der Waals surface area (Å²) in [5, 5.41) is 0. The number of rotatable bonds is 5. The fourth-order valence-corrected chi connectivity index (χ4v) is 3.54. The van der Waals surface area contributed by atoms with Crippen molar-refractivity contribution in [3.05, 3.63) is 69.3 Å². The van der Waals surface area contributed by atoms with Crippen molar-refractivity contribution in [1.82, 2.24) is 9.80 Å². The average molecular weight is 354 g/mol. The summed E-state index contributed by atoms with van der Waals surface area (Å²) in [6.07, 6.45) is 2.36. The largest absolute Gasteiger partial charge is 0.427 e. The minimum atomic E-state index is -0.531. The van der Waals surface area contributed by atoms with Gasteiger partial charge in [0.25, 0.3) is 5.91 Å². The number of benzene rings is 1. The molecule has 1 fully saturated rings. The fourth-order valence-electron chi connectivity index (χ4n) is 3.54. The lowest BCUT2D eigenvalue weighted by Gasteiger charge is -2.24. The van der Waals surface area contributed by atoms with E-state index in [1.165, 1.54) is 5.56 Å². The molecular weight excluding hydrogens is 328 g/mol. The summed E-state index contributed by atoms with van der Waals surface area (Å²) in [6.45, 7) is 3.61. The standard InChI is InChI=1S/C21H26N2O3/c1-15-13-18(10-9-16-7-5-4-6-8-16)26-21(25)19(15)20(24)23(3)17-11-12-22(2)14-17/h4-8,13,17H,9-12,14H2,1-3H3. The van der Waals surface area contributed by atoms with Crippen molar-refractivity contribution in [2.75, 3.05) is 27.2 Å². The molecule has 0 radical (unpaired) electrons. The maximum atomic E-state index is 12.8. The number of likely N-dealkylation sites (N-methyl/N-ethyl adjacent to an activating group) is 2. The van der Waals surface area contributed by atoms with Crippen molar-refractivity contribution in [3.63, 3.8) is 0 Å². The molecule has 1 amide bonds. The lowest BCUT2D eigenvalue weighted by Crippen LogP contribution is -2.40. The third kappa shape index (κ3) is 4.05. The van der Waals surface area contributed by atoms with Crippen LogP contribution in [-0.4, -0.2) is 48.9 Å². The van der Waals surface area contributed by atoms with Crippen molar-refractivity contribution in [2.24, 2.45) is 0 Å². The molecule has 26 heavy (non-hydrogen) atoms. The van der Waals surface area contributed by atoms with E-state index in [1.54, 1.807) is 11.9 Å². The molecule has 1 unspecified atom stereocenters. The summed E-state index contributed by atoms with van der Waals surface area (Å²) in [4.78, 5) is 29.2. The van der Waals surface area contributed by atoms with Crippen LogP contribution in [0.15, 0.2) is 45.6 Å². The minimum Gasteiger partial charge on any atom is -0.427 e. The van der Waals surface area contributed by atoms with Crippen LogP contribution in [0.2, 0.25) is 0 Å². The fraction of sp³-hybridized carbons (Fsp3) is 0.429. The zero-order valence-corrected chi connectivity index (χ0v) is 15.7. The molecule has 5 heteroatoms. The summed E-state index contributed by atoms with van der Waals surface area (Å²) < 4.78 is 5.45. The van der Waals surface area contributed by atoms with Gasteiger partial charge in [0.15, 0.2) is 0 Å². The third-order valence-corrected chi connectivity index (χ3v) is 5.15. The van der Waals surface area contributed by atoms with Gasteiger partial charge in [0.1, 0.15) is 11.3 Å². The maximum Gasteiger partial charge on any atom is 0.349 e. The van der Waals surface area contributed by atoms with Gasteiger partial charge in [-0.1, -0.05) is 30.3 Å². The molecule has 1 aromatic carbocycles. The van der Waals surface area contributed by atoms with Gasteiger partial charge in [0, 0.05) is 26.1 Å². The Hall–Kier alpha value is -2.40. The van der Waals surface area contributed by atoms with Gasteiger partial charge in [0.2, 0.25) is 0 Å². The van der Waals surface area contributed by atoms with Gasteiger partial charge in [-0.15, -0.1) is 0 Å². The molecule has 1 aromatic heterocycles. The molecule has 2 heterocycles. The van der Waals surface area contributed by atoms with Crippen molar-refractivity contribution in [2.45, 2.75) is 32.2 Å². The number of nitrogens with zero attached hydrogens (tertiary/aromatic N) is 2. The molecule has 0 aliphatic carbocycles. The van der Waals surface area contributed by atoms with Crippen LogP contribution in [0.5, 0.6) is 0 Å². The topological polar surface area (TPSA) is 53.8 Å². The smallest absolute Gasteiger partial charge is 0.349 e. The molecule has 2 aromatic rings. The van der Waals surface area contributed by atoms with Crippen LogP contribution >= 0.6 is 0 Å². The molecule has 1 aliphatic rings. The molecule has 138 valence electrons. The summed E-state index contributed by atoms with van der Waals surface area (Å²) in [5.74, 6) is 0.377. The molecule has 1 aliphatic heterocycles. The Kier molecular flexibility index (Phi) is 5.57. The number of carbonyl (C=O) groups excluding carboxylic acids is 1. The van der Waals surface area contributed by atoms with E-state index in [1.807, 2.05) is 38.2 Å². The first-order chi connectivity index (χ1) is 12.5. The van der Waals surface area contributed by atoms with Gasteiger partial charge in [-0.25, -0.2) is 4.79 Å². The number of carbonyl (C=O) groups is 1. The van der Waals surface area contributed by atoms with Crippen molar-refractivity contribution in [1.29, 1.82) is 0 Å². The highest BCUT2D eigenvalue weighted by Crippen LogP contribution is 2.17. The monoisotopic (exact) mass is 354 g/mol. The van der Waals surface area contributed by atoms with E-state index < -0.39 is 5.63 Å². The van der Waals surface area contributed by atoms with Crippen LogP contribution in [0.4, 0.5) is 0 Å². The summed E-state index contributed by atoms with van der Waals surface area (Å²) in [5.41, 5.74) is 1.51. The van der Waals surface area contributed by atoms with Gasteiger partial charge < -0.3 is 14.2 Å². The second-order valence-electron chi connectivity index (χ2n) is 7.16. The van der Waals surface area contributed by atoms with E-state index in [4.69, 9.17) is 4.42 Å². The normalized spacial score (nSPS) is 17.4. The molecule has 1 saturated heterocycles. The maximum absolute atomic E-state index is 12.8. The zero-order chi connectivity index (χ0) is 18.7. The molecular formula is C21H26N2O3. The highest BCUT2D eigenvalue weighted by molar-refractivity contribution is 5.95. The first-order valence-corrected chi connectivity index (χ1v) is 9.09. The Balaban J connectivity index is 1.74.